The van der Waals surface area contributed by atoms with Crippen LogP contribution < -0.4 is 0 Å². The first-order chi connectivity index (χ1) is 6.52. The Morgan fingerprint density at radius 1 is 1.36 bits per heavy atom. The maximum absolute atomic E-state index is 11.4. The third kappa shape index (κ3) is 1.45. The molecule has 0 radical (unpaired) electrons. The lowest BCUT2D eigenvalue weighted by atomic mass is 9.82. The topological polar surface area (TPSA) is 55.8 Å². The van der Waals surface area contributed by atoms with Gasteiger partial charge in [-0.2, -0.15) is 0 Å². The van der Waals surface area contributed by atoms with Gasteiger partial charge in [0.05, 0.1) is 6.10 Å². The van der Waals surface area contributed by atoms with Crippen molar-refractivity contribution < 1.29 is 19.4 Å². The number of hydrogen-bond donors (Lipinski definition) is 1. The van der Waals surface area contributed by atoms with Crippen molar-refractivity contribution >= 4 is 28.6 Å². The molecular weight excluding hydrogens is 299 g/mol. The molecule has 2 heterocycles. The van der Waals surface area contributed by atoms with Crippen molar-refractivity contribution in [1.29, 1.82) is 0 Å². The van der Waals surface area contributed by atoms with Gasteiger partial charge in [-0.15, -0.1) is 0 Å². The van der Waals surface area contributed by atoms with Gasteiger partial charge in [-0.25, -0.2) is 4.79 Å². The van der Waals surface area contributed by atoms with E-state index in [2.05, 4.69) is 0 Å². The van der Waals surface area contributed by atoms with Crippen molar-refractivity contribution in [3.8, 4) is 0 Å². The van der Waals surface area contributed by atoms with Gasteiger partial charge >= 0.3 is 5.97 Å². The Morgan fingerprint density at radius 3 is 2.64 bits per heavy atom. The van der Waals surface area contributed by atoms with Crippen molar-refractivity contribution in [2.75, 3.05) is 0 Å². The molecule has 2 rings (SSSR count). The Kier molecular flexibility index (Phi) is 2.74. The highest BCUT2D eigenvalue weighted by molar-refractivity contribution is 14.1. The highest BCUT2D eigenvalue weighted by Gasteiger charge is 2.51. The molecule has 14 heavy (non-hydrogen) atoms. The Bertz CT molecular complexity index is 257. The van der Waals surface area contributed by atoms with Crippen molar-refractivity contribution in [3.63, 3.8) is 0 Å². The number of fused-ring (bicyclic) bond motifs is 2. The van der Waals surface area contributed by atoms with E-state index in [4.69, 9.17) is 9.47 Å². The van der Waals surface area contributed by atoms with Gasteiger partial charge < -0.3 is 14.6 Å². The van der Waals surface area contributed by atoms with E-state index in [9.17, 15) is 9.90 Å². The monoisotopic (exact) mass is 312 g/mol. The molecule has 0 aliphatic carbocycles. The number of carbonyl (C=O) groups is 1. The summed E-state index contributed by atoms with van der Waals surface area (Å²) in [6, 6.07) is 0. The number of rotatable bonds is 0. The number of hydrogen-bond acceptors (Lipinski definition) is 4. The van der Waals surface area contributed by atoms with Crippen LogP contribution >= 0.6 is 22.6 Å². The SMILES string of the molecule is C[C@@H]1[C@H](O)[C@H](C)[C@H]2O[C@@H]1C(=O)O[C@H]2I. The summed E-state index contributed by atoms with van der Waals surface area (Å²) in [5.41, 5.74) is 0. The van der Waals surface area contributed by atoms with Crippen LogP contribution in [-0.4, -0.2) is 33.5 Å². The summed E-state index contributed by atoms with van der Waals surface area (Å²) < 4.78 is 10.5. The van der Waals surface area contributed by atoms with E-state index in [1.807, 2.05) is 36.4 Å². The van der Waals surface area contributed by atoms with Crippen molar-refractivity contribution in [2.24, 2.45) is 11.8 Å². The number of carbonyl (C=O) groups excluding carboxylic acids is 1. The quantitative estimate of drug-likeness (QED) is 0.406. The zero-order valence-electron chi connectivity index (χ0n) is 8.01. The maximum atomic E-state index is 11.4. The number of alkyl halides is 1. The predicted octanol–water partition coefficient (Wildman–Crippen LogP) is 0.705. The molecular formula is C9H13IO4. The van der Waals surface area contributed by atoms with Crippen molar-refractivity contribution in [1.82, 2.24) is 0 Å². The van der Waals surface area contributed by atoms with Gasteiger partial charge in [0, 0.05) is 11.8 Å². The minimum Gasteiger partial charge on any atom is -0.447 e. The summed E-state index contributed by atoms with van der Waals surface area (Å²) >= 11 is 2.03. The van der Waals surface area contributed by atoms with E-state index in [0.29, 0.717) is 0 Å². The van der Waals surface area contributed by atoms with Crippen molar-refractivity contribution in [3.05, 3.63) is 0 Å². The smallest absolute Gasteiger partial charge is 0.336 e. The van der Waals surface area contributed by atoms with E-state index < -0.39 is 12.2 Å². The minimum atomic E-state index is -0.586. The summed E-state index contributed by atoms with van der Waals surface area (Å²) in [5, 5.41) is 9.90. The van der Waals surface area contributed by atoms with Gasteiger partial charge in [0.15, 0.2) is 10.2 Å². The number of esters is 1. The highest BCUT2D eigenvalue weighted by Crippen LogP contribution is 2.38. The van der Waals surface area contributed by atoms with Crippen LogP contribution in [0.3, 0.4) is 0 Å². The van der Waals surface area contributed by atoms with Crippen LogP contribution in [0, 0.1) is 11.8 Å². The summed E-state index contributed by atoms with van der Waals surface area (Å²) in [5.74, 6) is -0.520. The molecule has 0 spiro atoms. The molecule has 2 aliphatic heterocycles. The normalized spacial score (nSPS) is 52.7. The first-order valence-corrected chi connectivity index (χ1v) is 5.95. The molecule has 2 fully saturated rings. The van der Waals surface area contributed by atoms with Gasteiger partial charge in [-0.3, -0.25) is 0 Å². The fraction of sp³-hybridized carbons (Fsp3) is 0.889. The summed E-state index contributed by atoms with van der Waals surface area (Å²) in [6.07, 6.45) is -1.24. The molecule has 2 aliphatic rings. The molecule has 5 heteroatoms. The Labute approximate surface area is 96.1 Å². The fourth-order valence-corrected chi connectivity index (χ4v) is 3.16. The minimum absolute atomic E-state index is 0.0104. The summed E-state index contributed by atoms with van der Waals surface area (Å²) in [4.78, 5) is 11.4. The van der Waals surface area contributed by atoms with E-state index in [1.54, 1.807) is 0 Å². The van der Waals surface area contributed by atoms with Crippen LogP contribution in [0.1, 0.15) is 13.8 Å². The molecule has 0 unspecified atom stereocenters. The van der Waals surface area contributed by atoms with Crippen LogP contribution in [-0.2, 0) is 14.3 Å². The van der Waals surface area contributed by atoms with Crippen LogP contribution in [0.15, 0.2) is 0 Å². The maximum Gasteiger partial charge on any atom is 0.336 e. The second kappa shape index (κ2) is 3.61. The Balaban J connectivity index is 2.25. The Hall–Kier alpha value is 0.120. The van der Waals surface area contributed by atoms with Gasteiger partial charge in [-0.1, -0.05) is 13.8 Å². The molecule has 2 bridgehead atoms. The third-order valence-corrected chi connectivity index (χ3v) is 4.06. The first-order valence-electron chi connectivity index (χ1n) is 4.70. The zero-order chi connectivity index (χ0) is 10.5. The molecule has 0 amide bonds. The molecule has 0 aromatic carbocycles. The van der Waals surface area contributed by atoms with E-state index in [1.165, 1.54) is 0 Å². The molecule has 1 N–H and O–H groups in total. The number of cyclic esters (lactones) is 1. The zero-order valence-corrected chi connectivity index (χ0v) is 10.2. The Morgan fingerprint density at radius 2 is 2.00 bits per heavy atom. The highest BCUT2D eigenvalue weighted by atomic mass is 127. The first kappa shape index (κ1) is 10.6. The van der Waals surface area contributed by atoms with Gasteiger partial charge in [-0.05, 0) is 22.6 Å². The second-order valence-corrected chi connectivity index (χ2v) is 5.25. The van der Waals surface area contributed by atoms with E-state index >= 15 is 0 Å². The largest absolute Gasteiger partial charge is 0.447 e. The van der Waals surface area contributed by atoms with Gasteiger partial charge in [0.25, 0.3) is 0 Å². The molecule has 0 saturated carbocycles. The van der Waals surface area contributed by atoms with Crippen molar-refractivity contribution in [2.45, 2.75) is 36.3 Å². The number of aliphatic hydroxyl groups excluding tert-OH is 1. The fourth-order valence-electron chi connectivity index (χ4n) is 2.09. The molecule has 0 aromatic rings. The molecule has 6 atom stereocenters. The lowest BCUT2D eigenvalue weighted by molar-refractivity contribution is -0.232. The molecule has 80 valence electrons. The summed E-state index contributed by atoms with van der Waals surface area (Å²) in [7, 11) is 0. The average molecular weight is 312 g/mol. The molecule has 4 nitrogen and oxygen atoms in total. The number of ether oxygens (including phenoxy) is 2. The molecule has 2 saturated heterocycles. The summed E-state index contributed by atoms with van der Waals surface area (Å²) in [6.45, 7) is 3.74. The van der Waals surface area contributed by atoms with Crippen LogP contribution in [0.25, 0.3) is 0 Å². The second-order valence-electron chi connectivity index (χ2n) is 4.02. The van der Waals surface area contributed by atoms with Crippen LogP contribution in [0.5, 0.6) is 0 Å². The van der Waals surface area contributed by atoms with Crippen LogP contribution in [0.2, 0.25) is 0 Å². The third-order valence-electron chi connectivity index (χ3n) is 3.10. The van der Waals surface area contributed by atoms with Gasteiger partial charge in [0.1, 0.15) is 6.10 Å². The number of aliphatic hydroxyl groups is 1. The van der Waals surface area contributed by atoms with Gasteiger partial charge in [0.2, 0.25) is 0 Å². The standard InChI is InChI=1S/C9H13IO4/c1-3-5(11)4(2)7-9(12)14-8(10)6(3)13-7/h3-8,11H,1-2H3/t3-,4+,5+,6+,7-,8+/m0/s1. The predicted molar refractivity (Wildman–Crippen MR) is 56.9 cm³/mol. The van der Waals surface area contributed by atoms with E-state index in [-0.39, 0.29) is 28.0 Å². The lowest BCUT2D eigenvalue weighted by Gasteiger charge is -2.46. The van der Waals surface area contributed by atoms with E-state index in [0.717, 1.165) is 0 Å². The lowest BCUT2D eigenvalue weighted by Crippen LogP contribution is -2.59. The number of halogens is 1. The molecule has 0 aromatic heterocycles. The van der Waals surface area contributed by atoms with Crippen LogP contribution in [0.4, 0.5) is 0 Å². The average Bonchev–Trinajstić information content (AvgIpc) is 2.13.